The third-order valence-electron chi connectivity index (χ3n) is 4.26. The predicted molar refractivity (Wildman–Crippen MR) is 99.9 cm³/mol. The second-order valence-corrected chi connectivity index (χ2v) is 6.01. The molecule has 5 nitrogen and oxygen atoms in total. The van der Waals surface area contributed by atoms with Gasteiger partial charge in [-0.15, -0.1) is 24.8 Å². The number of aromatic nitrogens is 1. The fourth-order valence-corrected chi connectivity index (χ4v) is 2.94. The number of hydrogen-bond acceptors (Lipinski definition) is 4. The molecule has 1 aromatic heterocycles. The Bertz CT molecular complexity index is 462. The lowest BCUT2D eigenvalue weighted by molar-refractivity contribution is 0.0915. The molecular formula is C16H28Cl2N4O. The standard InChI is InChI=1S/C16H26N4O.2ClH/c1-20(2)15-9-8-13(11-18-15)16(21)19-14(10-17)12-6-4-3-5-7-12;;/h8-9,11-12,14H,3-7,10,17H2,1-2H3,(H,19,21);2*1H. The van der Waals surface area contributed by atoms with Crippen molar-refractivity contribution in [2.24, 2.45) is 11.7 Å². The summed E-state index contributed by atoms with van der Waals surface area (Å²) in [5.41, 5.74) is 6.45. The summed E-state index contributed by atoms with van der Waals surface area (Å²) in [7, 11) is 3.85. The van der Waals surface area contributed by atoms with Gasteiger partial charge in [0.2, 0.25) is 0 Å². The van der Waals surface area contributed by atoms with Crippen LogP contribution in [0.15, 0.2) is 18.3 Å². The Labute approximate surface area is 151 Å². The van der Waals surface area contributed by atoms with Crippen molar-refractivity contribution in [1.82, 2.24) is 10.3 Å². The summed E-state index contributed by atoms with van der Waals surface area (Å²) in [6, 6.07) is 3.74. The zero-order chi connectivity index (χ0) is 15.2. The highest BCUT2D eigenvalue weighted by Gasteiger charge is 2.24. The van der Waals surface area contributed by atoms with E-state index >= 15 is 0 Å². The molecule has 132 valence electrons. The van der Waals surface area contributed by atoms with E-state index in [4.69, 9.17) is 5.73 Å². The highest BCUT2D eigenvalue weighted by molar-refractivity contribution is 5.94. The average Bonchev–Trinajstić information content (AvgIpc) is 2.53. The molecule has 1 amide bonds. The van der Waals surface area contributed by atoms with Crippen LogP contribution in [0.1, 0.15) is 42.5 Å². The van der Waals surface area contributed by atoms with Gasteiger partial charge in [0.1, 0.15) is 5.82 Å². The lowest BCUT2D eigenvalue weighted by Gasteiger charge is -2.30. The molecule has 1 heterocycles. The number of rotatable bonds is 5. The number of nitrogens with two attached hydrogens (primary N) is 1. The molecule has 0 aromatic carbocycles. The lowest BCUT2D eigenvalue weighted by Crippen LogP contribution is -2.45. The van der Waals surface area contributed by atoms with E-state index < -0.39 is 0 Å². The molecule has 0 saturated heterocycles. The minimum absolute atomic E-state index is 0. The van der Waals surface area contributed by atoms with E-state index in [2.05, 4.69) is 10.3 Å². The molecule has 0 bridgehead atoms. The third-order valence-corrected chi connectivity index (χ3v) is 4.26. The zero-order valence-corrected chi connectivity index (χ0v) is 15.5. The number of halogens is 2. The SMILES string of the molecule is CN(C)c1ccc(C(=O)NC(CN)C2CCCCC2)cn1.Cl.Cl. The maximum atomic E-state index is 12.3. The molecule has 1 atom stereocenters. The van der Waals surface area contributed by atoms with E-state index in [0.717, 1.165) is 5.82 Å². The van der Waals surface area contributed by atoms with E-state index in [1.165, 1.54) is 32.1 Å². The minimum Gasteiger partial charge on any atom is -0.363 e. The van der Waals surface area contributed by atoms with E-state index in [1.54, 1.807) is 6.20 Å². The fraction of sp³-hybridized carbons (Fsp3) is 0.625. The molecule has 1 aliphatic carbocycles. The van der Waals surface area contributed by atoms with Crippen molar-refractivity contribution in [3.05, 3.63) is 23.9 Å². The molecule has 2 rings (SSSR count). The van der Waals surface area contributed by atoms with Crippen LogP contribution in [-0.4, -0.2) is 37.6 Å². The number of pyridine rings is 1. The van der Waals surface area contributed by atoms with Gasteiger partial charge < -0.3 is 16.0 Å². The van der Waals surface area contributed by atoms with Gasteiger partial charge in [0, 0.05) is 32.9 Å². The maximum Gasteiger partial charge on any atom is 0.253 e. The molecule has 1 unspecified atom stereocenters. The summed E-state index contributed by atoms with van der Waals surface area (Å²) in [5, 5.41) is 3.08. The molecule has 7 heteroatoms. The fourth-order valence-electron chi connectivity index (χ4n) is 2.94. The van der Waals surface area contributed by atoms with Gasteiger partial charge in [-0.05, 0) is 30.9 Å². The van der Waals surface area contributed by atoms with Crippen LogP contribution in [0.25, 0.3) is 0 Å². The van der Waals surface area contributed by atoms with Crippen LogP contribution in [-0.2, 0) is 0 Å². The summed E-state index contributed by atoms with van der Waals surface area (Å²) >= 11 is 0. The summed E-state index contributed by atoms with van der Waals surface area (Å²) < 4.78 is 0. The van der Waals surface area contributed by atoms with Crippen molar-refractivity contribution in [2.75, 3.05) is 25.5 Å². The van der Waals surface area contributed by atoms with Crippen molar-refractivity contribution in [3.8, 4) is 0 Å². The normalized spacial score (nSPS) is 15.8. The van der Waals surface area contributed by atoms with Gasteiger partial charge in [-0.3, -0.25) is 4.79 Å². The first-order valence-electron chi connectivity index (χ1n) is 7.76. The average molecular weight is 363 g/mol. The molecule has 1 saturated carbocycles. The molecule has 0 radical (unpaired) electrons. The van der Waals surface area contributed by atoms with Gasteiger partial charge in [-0.25, -0.2) is 4.98 Å². The van der Waals surface area contributed by atoms with Crippen LogP contribution in [0.2, 0.25) is 0 Å². The van der Waals surface area contributed by atoms with Crippen LogP contribution in [0.4, 0.5) is 5.82 Å². The highest BCUT2D eigenvalue weighted by Crippen LogP contribution is 2.26. The number of anilines is 1. The Kier molecular flexibility index (Phi) is 10.2. The van der Waals surface area contributed by atoms with Gasteiger partial charge >= 0.3 is 0 Å². The molecule has 0 spiro atoms. The summed E-state index contributed by atoms with van der Waals surface area (Å²) in [6.07, 6.45) is 7.75. The van der Waals surface area contributed by atoms with Crippen LogP contribution < -0.4 is 16.0 Å². The Morgan fingerprint density at radius 2 is 1.96 bits per heavy atom. The van der Waals surface area contributed by atoms with Gasteiger partial charge in [0.25, 0.3) is 5.91 Å². The summed E-state index contributed by atoms with van der Waals surface area (Å²) in [5.74, 6) is 1.28. The Hall–Kier alpha value is -1.04. The summed E-state index contributed by atoms with van der Waals surface area (Å²) in [6.45, 7) is 0.500. The first-order valence-corrected chi connectivity index (χ1v) is 7.76. The molecule has 1 fully saturated rings. The Balaban J connectivity index is 0.00000242. The number of hydrogen-bond donors (Lipinski definition) is 2. The number of carbonyl (C=O) groups is 1. The van der Waals surface area contributed by atoms with Crippen LogP contribution in [0.5, 0.6) is 0 Å². The quantitative estimate of drug-likeness (QED) is 0.844. The Morgan fingerprint density at radius 3 is 2.43 bits per heavy atom. The topological polar surface area (TPSA) is 71.2 Å². The van der Waals surface area contributed by atoms with E-state index in [9.17, 15) is 4.79 Å². The van der Waals surface area contributed by atoms with Crippen molar-refractivity contribution < 1.29 is 4.79 Å². The van der Waals surface area contributed by atoms with Crippen molar-refractivity contribution in [2.45, 2.75) is 38.1 Å². The van der Waals surface area contributed by atoms with Crippen LogP contribution in [0.3, 0.4) is 0 Å². The first-order chi connectivity index (χ1) is 10.1. The number of carbonyl (C=O) groups excluding carboxylic acids is 1. The number of nitrogens with one attached hydrogen (secondary N) is 1. The van der Waals surface area contributed by atoms with Gasteiger partial charge in [-0.2, -0.15) is 0 Å². The number of nitrogens with zero attached hydrogens (tertiary/aromatic N) is 2. The highest BCUT2D eigenvalue weighted by atomic mass is 35.5. The third kappa shape index (κ3) is 6.16. The van der Waals surface area contributed by atoms with Gasteiger partial charge in [0.05, 0.1) is 5.56 Å². The van der Waals surface area contributed by atoms with E-state index in [-0.39, 0.29) is 36.8 Å². The molecule has 3 N–H and O–H groups in total. The minimum atomic E-state index is -0.0752. The molecule has 1 aromatic rings. The number of amides is 1. The predicted octanol–water partition coefficient (Wildman–Crippen LogP) is 2.63. The zero-order valence-electron chi connectivity index (χ0n) is 13.8. The van der Waals surface area contributed by atoms with Crippen LogP contribution >= 0.6 is 24.8 Å². The van der Waals surface area contributed by atoms with Gasteiger partial charge in [0.15, 0.2) is 0 Å². The van der Waals surface area contributed by atoms with Crippen molar-refractivity contribution in [1.29, 1.82) is 0 Å². The first kappa shape index (κ1) is 22.0. The maximum absolute atomic E-state index is 12.3. The van der Waals surface area contributed by atoms with E-state index in [1.807, 2.05) is 31.1 Å². The Morgan fingerprint density at radius 1 is 1.30 bits per heavy atom. The van der Waals surface area contributed by atoms with Crippen molar-refractivity contribution in [3.63, 3.8) is 0 Å². The smallest absolute Gasteiger partial charge is 0.253 e. The van der Waals surface area contributed by atoms with Crippen LogP contribution in [0, 0.1) is 5.92 Å². The second-order valence-electron chi connectivity index (χ2n) is 6.01. The van der Waals surface area contributed by atoms with Gasteiger partial charge in [-0.1, -0.05) is 19.3 Å². The lowest BCUT2D eigenvalue weighted by atomic mass is 9.84. The molecule has 1 aliphatic rings. The monoisotopic (exact) mass is 362 g/mol. The molecule has 23 heavy (non-hydrogen) atoms. The molecular weight excluding hydrogens is 335 g/mol. The van der Waals surface area contributed by atoms with Crippen molar-refractivity contribution >= 4 is 36.5 Å². The summed E-state index contributed by atoms with van der Waals surface area (Å²) in [4.78, 5) is 18.5. The second kappa shape index (κ2) is 10.7. The van der Waals surface area contributed by atoms with E-state index in [0.29, 0.717) is 18.0 Å². The molecule has 0 aliphatic heterocycles. The largest absolute Gasteiger partial charge is 0.363 e.